The average molecular weight is 402 g/mol. The molecule has 2 aromatic heterocycles. The number of hydrogen-bond acceptors (Lipinski definition) is 4. The van der Waals surface area contributed by atoms with Crippen LogP contribution in [-0.2, 0) is 13.1 Å². The maximum absolute atomic E-state index is 13.0. The second kappa shape index (κ2) is 7.68. The zero-order valence-electron chi connectivity index (χ0n) is 13.1. The second-order valence-electron chi connectivity index (χ2n) is 5.38. The minimum Gasteiger partial charge on any atom is -0.328 e. The highest BCUT2D eigenvalue weighted by molar-refractivity contribution is 9.10. The number of pyridine rings is 1. The maximum Gasteiger partial charge on any atom is 0.266 e. The van der Waals surface area contributed by atoms with E-state index < -0.39 is 0 Å². The number of carbonyl (C=O) groups excluding carboxylic acids is 1. The van der Waals surface area contributed by atoms with Gasteiger partial charge in [-0.1, -0.05) is 34.1 Å². The summed E-state index contributed by atoms with van der Waals surface area (Å²) in [6.45, 7) is 2.86. The van der Waals surface area contributed by atoms with E-state index in [9.17, 15) is 4.79 Å². The van der Waals surface area contributed by atoms with Crippen LogP contribution < -0.4 is 0 Å². The molecule has 0 unspecified atom stereocenters. The zero-order chi connectivity index (χ0) is 16.9. The van der Waals surface area contributed by atoms with Crippen molar-refractivity contribution in [3.63, 3.8) is 0 Å². The molecule has 122 valence electrons. The van der Waals surface area contributed by atoms with Crippen molar-refractivity contribution in [2.75, 3.05) is 0 Å². The van der Waals surface area contributed by atoms with Gasteiger partial charge in [0.2, 0.25) is 0 Å². The Labute approximate surface area is 153 Å². The molecule has 1 amide bonds. The Morgan fingerprint density at radius 2 is 1.92 bits per heavy atom. The molecule has 0 atom stereocenters. The van der Waals surface area contributed by atoms with Crippen molar-refractivity contribution in [3.05, 3.63) is 80.5 Å². The third-order valence-corrected chi connectivity index (χ3v) is 5.04. The van der Waals surface area contributed by atoms with Gasteiger partial charge in [-0.05, 0) is 36.8 Å². The molecule has 0 fully saturated rings. The van der Waals surface area contributed by atoms with Gasteiger partial charge in [0.05, 0.1) is 23.4 Å². The minimum absolute atomic E-state index is 0.0106. The summed E-state index contributed by atoms with van der Waals surface area (Å²) in [6.07, 6.45) is 1.75. The Bertz CT molecular complexity index is 818. The first kappa shape index (κ1) is 16.8. The summed E-state index contributed by atoms with van der Waals surface area (Å²) in [7, 11) is 0. The van der Waals surface area contributed by atoms with Crippen molar-refractivity contribution in [2.24, 2.45) is 0 Å². The lowest BCUT2D eigenvalue weighted by Gasteiger charge is -2.22. The van der Waals surface area contributed by atoms with Crippen molar-refractivity contribution >= 4 is 33.2 Å². The van der Waals surface area contributed by atoms with Gasteiger partial charge in [0.15, 0.2) is 0 Å². The molecule has 0 saturated carbocycles. The van der Waals surface area contributed by atoms with Crippen LogP contribution in [-0.4, -0.2) is 20.8 Å². The van der Waals surface area contributed by atoms with Crippen molar-refractivity contribution < 1.29 is 4.79 Å². The number of aromatic nitrogens is 2. The number of halogens is 1. The maximum atomic E-state index is 13.0. The molecular weight excluding hydrogens is 386 g/mol. The molecule has 6 heteroatoms. The van der Waals surface area contributed by atoms with E-state index in [0.29, 0.717) is 18.0 Å². The van der Waals surface area contributed by atoms with Crippen molar-refractivity contribution in [3.8, 4) is 0 Å². The molecule has 0 N–H and O–H groups in total. The molecule has 0 saturated heterocycles. The zero-order valence-corrected chi connectivity index (χ0v) is 15.5. The topological polar surface area (TPSA) is 46.1 Å². The lowest BCUT2D eigenvalue weighted by molar-refractivity contribution is 0.0732. The molecule has 4 nitrogen and oxygen atoms in total. The van der Waals surface area contributed by atoms with E-state index in [1.165, 1.54) is 11.3 Å². The first-order valence-corrected chi connectivity index (χ1v) is 9.14. The molecule has 0 aliphatic heterocycles. The van der Waals surface area contributed by atoms with Crippen molar-refractivity contribution in [1.29, 1.82) is 0 Å². The van der Waals surface area contributed by atoms with Crippen LogP contribution in [0.15, 0.2) is 58.6 Å². The van der Waals surface area contributed by atoms with E-state index in [1.54, 1.807) is 11.7 Å². The summed E-state index contributed by atoms with van der Waals surface area (Å²) >= 11 is 4.82. The van der Waals surface area contributed by atoms with Gasteiger partial charge in [0, 0.05) is 17.2 Å². The number of benzene rings is 1. The highest BCUT2D eigenvalue weighted by Gasteiger charge is 2.20. The first-order valence-electron chi connectivity index (χ1n) is 7.47. The van der Waals surface area contributed by atoms with Gasteiger partial charge >= 0.3 is 0 Å². The molecule has 0 radical (unpaired) electrons. The van der Waals surface area contributed by atoms with Crippen LogP contribution >= 0.6 is 27.3 Å². The predicted molar refractivity (Wildman–Crippen MR) is 98.8 cm³/mol. The van der Waals surface area contributed by atoms with Crippen LogP contribution in [0.25, 0.3) is 0 Å². The molecule has 0 aliphatic carbocycles. The molecule has 1 aromatic carbocycles. The monoisotopic (exact) mass is 401 g/mol. The number of aryl methyl sites for hydroxylation is 1. The summed E-state index contributed by atoms with van der Waals surface area (Å²) < 4.78 is 1.02. The normalized spacial score (nSPS) is 10.6. The van der Waals surface area contributed by atoms with Crippen LogP contribution in [0.2, 0.25) is 0 Å². The fraction of sp³-hybridized carbons (Fsp3) is 0.167. The van der Waals surface area contributed by atoms with Gasteiger partial charge in [-0.25, -0.2) is 4.98 Å². The van der Waals surface area contributed by atoms with E-state index >= 15 is 0 Å². The van der Waals surface area contributed by atoms with Crippen molar-refractivity contribution in [1.82, 2.24) is 14.9 Å². The van der Waals surface area contributed by atoms with E-state index in [4.69, 9.17) is 0 Å². The van der Waals surface area contributed by atoms with Gasteiger partial charge in [-0.2, -0.15) is 0 Å². The second-order valence-corrected chi connectivity index (χ2v) is 7.15. The Kier molecular flexibility index (Phi) is 5.37. The Morgan fingerprint density at radius 3 is 2.54 bits per heavy atom. The van der Waals surface area contributed by atoms with Crippen molar-refractivity contribution in [2.45, 2.75) is 20.0 Å². The number of rotatable bonds is 5. The number of carbonyl (C=O) groups is 1. The third-order valence-electron chi connectivity index (χ3n) is 3.59. The molecule has 2 heterocycles. The standard InChI is InChI=1S/C18H16BrN3OS/c1-13-17(24-12-21-13)18(23)22(11-16-4-2-3-9-20-16)10-14-5-7-15(19)8-6-14/h2-9,12H,10-11H2,1H3. The van der Waals surface area contributed by atoms with Gasteiger partial charge < -0.3 is 4.90 Å². The molecule has 0 bridgehead atoms. The van der Waals surface area contributed by atoms with E-state index in [0.717, 1.165) is 21.4 Å². The number of nitrogens with zero attached hydrogens (tertiary/aromatic N) is 3. The van der Waals surface area contributed by atoms with Crippen LogP contribution in [0.4, 0.5) is 0 Å². The molecular formula is C18H16BrN3OS. The summed E-state index contributed by atoms with van der Waals surface area (Å²) in [5, 5.41) is 0. The Hall–Kier alpha value is -2.05. The van der Waals surface area contributed by atoms with E-state index in [1.807, 2.05) is 54.3 Å². The highest BCUT2D eigenvalue weighted by Crippen LogP contribution is 2.19. The molecule has 0 aliphatic rings. The molecule has 3 aromatic rings. The van der Waals surface area contributed by atoms with E-state index in [-0.39, 0.29) is 5.91 Å². The quantitative estimate of drug-likeness (QED) is 0.634. The molecule has 3 rings (SSSR count). The molecule has 0 spiro atoms. The predicted octanol–water partition coefficient (Wildman–Crippen LogP) is 4.45. The summed E-state index contributed by atoms with van der Waals surface area (Å²) in [5.74, 6) is -0.0106. The van der Waals surface area contributed by atoms with Crippen LogP contribution in [0.1, 0.15) is 26.6 Å². The first-order chi connectivity index (χ1) is 11.6. The largest absolute Gasteiger partial charge is 0.328 e. The van der Waals surface area contributed by atoms with Gasteiger partial charge in [-0.3, -0.25) is 9.78 Å². The average Bonchev–Trinajstić information content (AvgIpc) is 3.02. The minimum atomic E-state index is -0.0106. The number of amides is 1. The van der Waals surface area contributed by atoms with Gasteiger partial charge in [0.1, 0.15) is 4.88 Å². The van der Waals surface area contributed by atoms with Crippen LogP contribution in [0.3, 0.4) is 0 Å². The fourth-order valence-electron chi connectivity index (χ4n) is 2.35. The summed E-state index contributed by atoms with van der Waals surface area (Å²) in [4.78, 5) is 24.0. The summed E-state index contributed by atoms with van der Waals surface area (Å²) in [6, 6.07) is 13.7. The third kappa shape index (κ3) is 4.07. The molecule has 24 heavy (non-hydrogen) atoms. The smallest absolute Gasteiger partial charge is 0.266 e. The highest BCUT2D eigenvalue weighted by atomic mass is 79.9. The SMILES string of the molecule is Cc1ncsc1C(=O)N(Cc1ccc(Br)cc1)Cc1ccccn1. The van der Waals surface area contributed by atoms with Crippen LogP contribution in [0, 0.1) is 6.92 Å². The van der Waals surface area contributed by atoms with E-state index in [2.05, 4.69) is 25.9 Å². The number of hydrogen-bond donors (Lipinski definition) is 0. The van der Waals surface area contributed by atoms with Crippen LogP contribution in [0.5, 0.6) is 0 Å². The Balaban J connectivity index is 1.86. The lowest BCUT2D eigenvalue weighted by atomic mass is 10.2. The van der Waals surface area contributed by atoms with Gasteiger partial charge in [-0.15, -0.1) is 11.3 Å². The fourth-order valence-corrected chi connectivity index (χ4v) is 3.38. The summed E-state index contributed by atoms with van der Waals surface area (Å²) in [5.41, 5.74) is 4.42. The number of thiazole rings is 1. The Morgan fingerprint density at radius 1 is 1.12 bits per heavy atom. The lowest BCUT2D eigenvalue weighted by Crippen LogP contribution is -2.30. The van der Waals surface area contributed by atoms with Gasteiger partial charge in [0.25, 0.3) is 5.91 Å².